The fourth-order valence-corrected chi connectivity index (χ4v) is 6.03. The standard InChI is InChI=1S/C33H32N4O6S/c1-33(2,3)43-32(40)36-29(21-22-8-7-9-25(38)20-22)31(39)35-24-14-12-23(13-15-24)27-16-18-34-30-28(27)17-19-37(30)44(41,42)26-10-5-4-6-11-26/h4-20,29,38H,21H2,1-3H3,(H,35,39)(H,36,40)/t29-/m0/s1. The summed E-state index contributed by atoms with van der Waals surface area (Å²) in [5, 5.41) is 16.0. The van der Waals surface area contributed by atoms with Crippen molar-refractivity contribution in [1.82, 2.24) is 14.3 Å². The zero-order valence-electron chi connectivity index (χ0n) is 24.4. The average Bonchev–Trinajstić information content (AvgIpc) is 3.42. The molecule has 44 heavy (non-hydrogen) atoms. The second-order valence-corrected chi connectivity index (χ2v) is 13.0. The lowest BCUT2D eigenvalue weighted by atomic mass is 10.0. The Morgan fingerprint density at radius 1 is 0.955 bits per heavy atom. The Labute approximate surface area is 255 Å². The zero-order chi connectivity index (χ0) is 31.5. The van der Waals surface area contributed by atoms with E-state index in [0.29, 0.717) is 22.3 Å². The molecule has 226 valence electrons. The number of fused-ring (bicyclic) bond motifs is 1. The Morgan fingerprint density at radius 3 is 2.36 bits per heavy atom. The molecule has 0 saturated heterocycles. The molecule has 0 aliphatic heterocycles. The molecule has 5 rings (SSSR count). The monoisotopic (exact) mass is 612 g/mol. The maximum absolute atomic E-state index is 13.3. The molecule has 0 spiro atoms. The summed E-state index contributed by atoms with van der Waals surface area (Å²) >= 11 is 0. The Hall–Kier alpha value is -5.16. The van der Waals surface area contributed by atoms with Crippen LogP contribution in [-0.4, -0.2) is 46.1 Å². The van der Waals surface area contributed by atoms with Gasteiger partial charge < -0.3 is 20.5 Å². The number of hydrogen-bond acceptors (Lipinski definition) is 7. The number of aromatic nitrogens is 2. The Morgan fingerprint density at radius 2 is 1.68 bits per heavy atom. The van der Waals surface area contributed by atoms with E-state index in [-0.39, 0.29) is 17.1 Å². The fourth-order valence-electron chi connectivity index (χ4n) is 4.71. The minimum Gasteiger partial charge on any atom is -0.508 e. The smallest absolute Gasteiger partial charge is 0.408 e. The van der Waals surface area contributed by atoms with Gasteiger partial charge >= 0.3 is 6.09 Å². The van der Waals surface area contributed by atoms with Gasteiger partial charge in [0, 0.05) is 29.9 Å². The molecule has 5 aromatic rings. The number of benzene rings is 3. The van der Waals surface area contributed by atoms with Crippen LogP contribution in [0.3, 0.4) is 0 Å². The van der Waals surface area contributed by atoms with Crippen molar-refractivity contribution in [2.24, 2.45) is 0 Å². The summed E-state index contributed by atoms with van der Waals surface area (Å²) in [7, 11) is -3.84. The molecule has 3 N–H and O–H groups in total. The Bertz CT molecular complexity index is 1910. The summed E-state index contributed by atoms with van der Waals surface area (Å²) < 4.78 is 33.0. The third-order valence-corrected chi connectivity index (χ3v) is 8.36. The molecular formula is C33H32N4O6S. The van der Waals surface area contributed by atoms with Crippen molar-refractivity contribution in [3.8, 4) is 16.9 Å². The predicted molar refractivity (Wildman–Crippen MR) is 168 cm³/mol. The van der Waals surface area contributed by atoms with E-state index < -0.39 is 33.7 Å². The average molecular weight is 613 g/mol. The van der Waals surface area contributed by atoms with Crippen molar-refractivity contribution in [3.05, 3.63) is 109 Å². The van der Waals surface area contributed by atoms with E-state index >= 15 is 0 Å². The predicted octanol–water partition coefficient (Wildman–Crippen LogP) is 5.72. The lowest BCUT2D eigenvalue weighted by molar-refractivity contribution is -0.118. The van der Waals surface area contributed by atoms with E-state index in [9.17, 15) is 23.1 Å². The van der Waals surface area contributed by atoms with Crippen molar-refractivity contribution >= 4 is 38.7 Å². The second-order valence-electron chi connectivity index (χ2n) is 11.2. The van der Waals surface area contributed by atoms with Crippen LogP contribution in [0.4, 0.5) is 10.5 Å². The molecule has 0 saturated carbocycles. The topological polar surface area (TPSA) is 140 Å². The first-order valence-electron chi connectivity index (χ1n) is 13.9. The molecule has 2 heterocycles. The number of ether oxygens (including phenoxy) is 1. The number of hydrogen-bond donors (Lipinski definition) is 3. The molecule has 10 nitrogen and oxygen atoms in total. The maximum atomic E-state index is 13.3. The van der Waals surface area contributed by atoms with Gasteiger partial charge in [-0.25, -0.2) is 22.2 Å². The van der Waals surface area contributed by atoms with Crippen LogP contribution in [0.15, 0.2) is 108 Å². The van der Waals surface area contributed by atoms with Crippen LogP contribution in [0, 0.1) is 0 Å². The van der Waals surface area contributed by atoms with Gasteiger partial charge in [-0.15, -0.1) is 0 Å². The van der Waals surface area contributed by atoms with E-state index in [1.165, 1.54) is 34.4 Å². The lowest BCUT2D eigenvalue weighted by Crippen LogP contribution is -2.47. The van der Waals surface area contributed by atoms with E-state index in [2.05, 4.69) is 15.6 Å². The number of nitrogens with one attached hydrogen (secondary N) is 2. The van der Waals surface area contributed by atoms with Crippen molar-refractivity contribution < 1.29 is 27.9 Å². The summed E-state index contributed by atoms with van der Waals surface area (Å²) in [6, 6.07) is 24.2. The quantitative estimate of drug-likeness (QED) is 0.204. The van der Waals surface area contributed by atoms with Crippen LogP contribution >= 0.6 is 0 Å². The van der Waals surface area contributed by atoms with Gasteiger partial charge in [0.25, 0.3) is 10.0 Å². The van der Waals surface area contributed by atoms with E-state index in [1.54, 1.807) is 93.7 Å². The van der Waals surface area contributed by atoms with Gasteiger partial charge in [0.1, 0.15) is 17.4 Å². The first kappa shape index (κ1) is 30.3. The molecular weight excluding hydrogens is 580 g/mol. The van der Waals surface area contributed by atoms with Crippen molar-refractivity contribution in [1.29, 1.82) is 0 Å². The van der Waals surface area contributed by atoms with Gasteiger partial charge in [0.15, 0.2) is 5.65 Å². The molecule has 0 radical (unpaired) electrons. The molecule has 0 aliphatic carbocycles. The molecule has 1 atom stereocenters. The van der Waals surface area contributed by atoms with Crippen LogP contribution in [0.5, 0.6) is 5.75 Å². The van der Waals surface area contributed by atoms with E-state index in [1.807, 2.05) is 0 Å². The highest BCUT2D eigenvalue weighted by atomic mass is 32.2. The van der Waals surface area contributed by atoms with E-state index in [4.69, 9.17) is 4.74 Å². The van der Waals surface area contributed by atoms with Gasteiger partial charge in [-0.2, -0.15) is 0 Å². The number of phenols is 1. The number of anilines is 1. The second kappa shape index (κ2) is 12.2. The molecule has 3 aromatic carbocycles. The van der Waals surface area contributed by atoms with Crippen LogP contribution in [0.25, 0.3) is 22.2 Å². The summed E-state index contributed by atoms with van der Waals surface area (Å²) in [6.07, 6.45) is 2.42. The largest absolute Gasteiger partial charge is 0.508 e. The van der Waals surface area contributed by atoms with Crippen molar-refractivity contribution in [2.45, 2.75) is 43.7 Å². The SMILES string of the molecule is CC(C)(C)OC(=O)N[C@@H](Cc1cccc(O)c1)C(=O)Nc1ccc(-c2ccnc3c2ccn3S(=O)(=O)c2ccccc2)cc1. The molecule has 0 unspecified atom stereocenters. The first-order valence-corrected chi connectivity index (χ1v) is 15.3. The zero-order valence-corrected chi connectivity index (χ0v) is 25.2. The van der Waals surface area contributed by atoms with E-state index in [0.717, 1.165) is 11.1 Å². The maximum Gasteiger partial charge on any atom is 0.408 e. The summed E-state index contributed by atoms with van der Waals surface area (Å²) in [5.74, 6) is -0.422. The van der Waals surface area contributed by atoms with Gasteiger partial charge in [0.05, 0.1) is 4.90 Å². The number of carbonyl (C=O) groups is 2. The van der Waals surface area contributed by atoms with Gasteiger partial charge in [-0.3, -0.25) is 4.79 Å². The number of rotatable bonds is 8. The molecule has 2 amide bonds. The number of phenolic OH excluding ortho intramolecular Hbond substituents is 1. The normalized spacial score (nSPS) is 12.4. The number of carbonyl (C=O) groups excluding carboxylic acids is 2. The summed E-state index contributed by atoms with van der Waals surface area (Å²) in [4.78, 5) is 30.4. The van der Waals surface area contributed by atoms with Crippen LogP contribution < -0.4 is 10.6 Å². The molecule has 0 fully saturated rings. The summed E-state index contributed by atoms with van der Waals surface area (Å²) in [6.45, 7) is 5.18. The highest BCUT2D eigenvalue weighted by molar-refractivity contribution is 7.90. The first-order chi connectivity index (χ1) is 20.9. The highest BCUT2D eigenvalue weighted by Gasteiger charge is 2.25. The van der Waals surface area contributed by atoms with Gasteiger partial charge in [0.2, 0.25) is 5.91 Å². The molecule has 0 bridgehead atoms. The number of pyridine rings is 1. The van der Waals surface area contributed by atoms with Gasteiger partial charge in [-0.05, 0) is 86.0 Å². The van der Waals surface area contributed by atoms with Gasteiger partial charge in [-0.1, -0.05) is 42.5 Å². The number of nitrogens with zero attached hydrogens (tertiary/aromatic N) is 2. The fraction of sp³-hybridized carbons (Fsp3) is 0.182. The van der Waals surface area contributed by atoms with Crippen molar-refractivity contribution in [2.75, 3.05) is 5.32 Å². The van der Waals surface area contributed by atoms with Crippen LogP contribution in [0.2, 0.25) is 0 Å². The third kappa shape index (κ3) is 6.90. The lowest BCUT2D eigenvalue weighted by Gasteiger charge is -2.23. The number of alkyl carbamates (subject to hydrolysis) is 1. The van der Waals surface area contributed by atoms with Crippen LogP contribution in [-0.2, 0) is 26.0 Å². The van der Waals surface area contributed by atoms with Crippen molar-refractivity contribution in [3.63, 3.8) is 0 Å². The number of aromatic hydroxyl groups is 1. The Kier molecular flexibility index (Phi) is 8.41. The molecule has 0 aliphatic rings. The summed E-state index contributed by atoms with van der Waals surface area (Å²) in [5.41, 5.74) is 2.24. The van der Waals surface area contributed by atoms with Crippen LogP contribution in [0.1, 0.15) is 26.3 Å². The third-order valence-electron chi connectivity index (χ3n) is 6.68. The highest BCUT2D eigenvalue weighted by Crippen LogP contribution is 2.31. The molecule has 11 heteroatoms. The minimum absolute atomic E-state index is 0.0488. The number of amides is 2. The minimum atomic E-state index is -3.84. The molecule has 2 aromatic heterocycles. The Balaban J connectivity index is 1.37.